The molecule has 2 aromatic heterocycles. The van der Waals surface area contributed by atoms with Gasteiger partial charge in [0.2, 0.25) is 0 Å². The maximum absolute atomic E-state index is 13.3. The van der Waals surface area contributed by atoms with Gasteiger partial charge in [-0.3, -0.25) is 14.5 Å². The zero-order valence-corrected chi connectivity index (χ0v) is 16.5. The summed E-state index contributed by atoms with van der Waals surface area (Å²) in [5.41, 5.74) is -0.949. The van der Waals surface area contributed by atoms with Crippen LogP contribution in [0.3, 0.4) is 0 Å². The van der Waals surface area contributed by atoms with Crippen LogP contribution in [0.1, 0.15) is 29.1 Å². The fourth-order valence-corrected chi connectivity index (χ4v) is 3.98. The second kappa shape index (κ2) is 7.22. The van der Waals surface area contributed by atoms with E-state index in [0.717, 1.165) is 11.3 Å². The van der Waals surface area contributed by atoms with Crippen LogP contribution in [0.2, 0.25) is 0 Å². The number of carbonyl (C=O) groups is 1. The van der Waals surface area contributed by atoms with Crippen LogP contribution < -0.4 is 4.90 Å². The number of pyridine rings is 1. The summed E-state index contributed by atoms with van der Waals surface area (Å²) < 4.78 is 39.4. The third kappa shape index (κ3) is 3.87. The smallest absolute Gasteiger partial charge is 0.305 e. The molecule has 0 spiro atoms. The van der Waals surface area contributed by atoms with E-state index >= 15 is 0 Å². The first-order valence-electron chi connectivity index (χ1n) is 8.91. The van der Waals surface area contributed by atoms with Crippen LogP contribution in [-0.4, -0.2) is 32.7 Å². The molecule has 1 unspecified atom stereocenters. The van der Waals surface area contributed by atoms with Crippen molar-refractivity contribution in [3.63, 3.8) is 0 Å². The highest BCUT2D eigenvalue weighted by atomic mass is 32.2. The molecule has 0 fully saturated rings. The second-order valence-electron chi connectivity index (χ2n) is 6.84. The standard InChI is InChI=1S/C20H17F3N4OS/c1-12-9-14(7-8-24-12)17-10-25-27-13(2)11-26(19(28)18(17)27)15-3-5-16(6-4-15)29-20(21,22)23/h3-10,13H,11H2,1-2H3. The summed E-state index contributed by atoms with van der Waals surface area (Å²) in [6, 6.07) is 9.48. The first-order chi connectivity index (χ1) is 13.7. The Morgan fingerprint density at radius 1 is 1.17 bits per heavy atom. The van der Waals surface area contributed by atoms with E-state index in [2.05, 4.69) is 10.1 Å². The van der Waals surface area contributed by atoms with E-state index in [4.69, 9.17) is 0 Å². The number of alkyl halides is 3. The highest BCUT2D eigenvalue weighted by molar-refractivity contribution is 8.00. The Bertz CT molecular complexity index is 1060. The third-order valence-electron chi connectivity index (χ3n) is 4.70. The molecule has 0 radical (unpaired) electrons. The zero-order valence-electron chi connectivity index (χ0n) is 15.6. The Balaban J connectivity index is 1.69. The van der Waals surface area contributed by atoms with Crippen LogP contribution in [-0.2, 0) is 0 Å². The summed E-state index contributed by atoms with van der Waals surface area (Å²) in [5, 5.41) is 4.40. The first kappa shape index (κ1) is 19.5. The molecule has 3 heterocycles. The number of thioether (sulfide) groups is 1. The minimum atomic E-state index is -4.35. The van der Waals surface area contributed by atoms with Crippen molar-refractivity contribution in [1.82, 2.24) is 14.8 Å². The van der Waals surface area contributed by atoms with Crippen LogP contribution in [0.4, 0.5) is 18.9 Å². The van der Waals surface area contributed by atoms with E-state index in [1.54, 1.807) is 34.1 Å². The number of carbonyl (C=O) groups excluding carboxylic acids is 1. The van der Waals surface area contributed by atoms with Gasteiger partial charge in [0.05, 0.1) is 12.2 Å². The van der Waals surface area contributed by atoms with Crippen LogP contribution in [0.5, 0.6) is 0 Å². The van der Waals surface area contributed by atoms with Gasteiger partial charge in [0, 0.05) is 34.6 Å². The minimum Gasteiger partial charge on any atom is -0.305 e. The van der Waals surface area contributed by atoms with Crippen molar-refractivity contribution in [2.24, 2.45) is 0 Å². The number of fused-ring (bicyclic) bond motifs is 1. The molecule has 0 aliphatic carbocycles. The Morgan fingerprint density at radius 2 is 1.90 bits per heavy atom. The number of rotatable bonds is 3. The molecule has 5 nitrogen and oxygen atoms in total. The molecule has 0 saturated heterocycles. The van der Waals surface area contributed by atoms with Gasteiger partial charge >= 0.3 is 5.51 Å². The van der Waals surface area contributed by atoms with Crippen LogP contribution in [0, 0.1) is 6.92 Å². The molecule has 1 aliphatic rings. The maximum atomic E-state index is 13.3. The molecule has 150 valence electrons. The van der Waals surface area contributed by atoms with Crippen molar-refractivity contribution in [2.75, 3.05) is 11.4 Å². The highest BCUT2D eigenvalue weighted by Crippen LogP contribution is 2.38. The molecule has 0 bridgehead atoms. The lowest BCUT2D eigenvalue weighted by molar-refractivity contribution is -0.0328. The predicted molar refractivity (Wildman–Crippen MR) is 105 cm³/mol. The van der Waals surface area contributed by atoms with Crippen molar-refractivity contribution in [3.8, 4) is 11.1 Å². The van der Waals surface area contributed by atoms with Crippen LogP contribution >= 0.6 is 11.8 Å². The topological polar surface area (TPSA) is 51.0 Å². The maximum Gasteiger partial charge on any atom is 0.446 e. The number of anilines is 1. The zero-order chi connectivity index (χ0) is 20.8. The molecule has 1 atom stereocenters. The average molecular weight is 418 g/mol. The Kier molecular flexibility index (Phi) is 4.85. The van der Waals surface area contributed by atoms with Gasteiger partial charge in [0.15, 0.2) is 0 Å². The van der Waals surface area contributed by atoms with Gasteiger partial charge in [-0.1, -0.05) is 0 Å². The lowest BCUT2D eigenvalue weighted by Crippen LogP contribution is -2.42. The Hall–Kier alpha value is -2.81. The molecule has 29 heavy (non-hydrogen) atoms. The van der Waals surface area contributed by atoms with E-state index < -0.39 is 5.51 Å². The SMILES string of the molecule is Cc1cc(-c2cnn3c2C(=O)N(c2ccc(SC(F)(F)F)cc2)CC3C)ccn1. The number of halogens is 3. The summed E-state index contributed by atoms with van der Waals surface area (Å²) >= 11 is -0.175. The Morgan fingerprint density at radius 3 is 2.55 bits per heavy atom. The van der Waals surface area contributed by atoms with Crippen molar-refractivity contribution < 1.29 is 18.0 Å². The number of nitrogens with zero attached hydrogens (tertiary/aromatic N) is 4. The molecule has 1 aliphatic heterocycles. The summed E-state index contributed by atoms with van der Waals surface area (Å²) in [6.45, 7) is 4.20. The van der Waals surface area contributed by atoms with Gasteiger partial charge in [-0.2, -0.15) is 18.3 Å². The summed E-state index contributed by atoms with van der Waals surface area (Å²) in [4.78, 5) is 19.1. The normalized spacial score (nSPS) is 16.8. The van der Waals surface area contributed by atoms with E-state index in [1.165, 1.54) is 12.1 Å². The van der Waals surface area contributed by atoms with Crippen molar-refractivity contribution >= 4 is 23.4 Å². The van der Waals surface area contributed by atoms with E-state index in [1.807, 2.05) is 26.0 Å². The van der Waals surface area contributed by atoms with Gasteiger partial charge in [0.25, 0.3) is 5.91 Å². The average Bonchev–Trinajstić information content (AvgIpc) is 3.10. The third-order valence-corrected chi connectivity index (χ3v) is 5.44. The van der Waals surface area contributed by atoms with Crippen LogP contribution in [0.15, 0.2) is 53.7 Å². The lowest BCUT2D eigenvalue weighted by Gasteiger charge is -2.32. The van der Waals surface area contributed by atoms with Crippen LogP contribution in [0.25, 0.3) is 11.1 Å². The molecular weight excluding hydrogens is 401 g/mol. The fourth-order valence-electron chi connectivity index (χ4n) is 3.44. The lowest BCUT2D eigenvalue weighted by atomic mass is 10.0. The van der Waals surface area contributed by atoms with Gasteiger partial charge in [-0.15, -0.1) is 0 Å². The van der Waals surface area contributed by atoms with Gasteiger partial charge in [-0.25, -0.2) is 0 Å². The van der Waals surface area contributed by atoms with E-state index in [-0.39, 0.29) is 28.6 Å². The number of hydrogen-bond donors (Lipinski definition) is 0. The quantitative estimate of drug-likeness (QED) is 0.556. The number of benzene rings is 1. The molecule has 0 N–H and O–H groups in total. The number of hydrogen-bond acceptors (Lipinski definition) is 4. The van der Waals surface area contributed by atoms with Crippen molar-refractivity contribution in [1.29, 1.82) is 0 Å². The van der Waals surface area contributed by atoms with Gasteiger partial charge in [0.1, 0.15) is 5.69 Å². The molecule has 0 saturated carbocycles. The number of aromatic nitrogens is 3. The largest absolute Gasteiger partial charge is 0.446 e. The predicted octanol–water partition coefficient (Wildman–Crippen LogP) is 5.09. The molecule has 1 aromatic carbocycles. The van der Waals surface area contributed by atoms with Crippen molar-refractivity contribution in [3.05, 3.63) is 60.2 Å². The Labute approximate surface area is 169 Å². The summed E-state index contributed by atoms with van der Waals surface area (Å²) in [5.74, 6) is -0.235. The molecule has 3 aromatic rings. The number of amides is 1. The summed E-state index contributed by atoms with van der Waals surface area (Å²) in [6.07, 6.45) is 3.35. The monoisotopic (exact) mass is 418 g/mol. The van der Waals surface area contributed by atoms with E-state index in [0.29, 0.717) is 23.5 Å². The van der Waals surface area contributed by atoms with Gasteiger partial charge < -0.3 is 4.90 Å². The molecule has 1 amide bonds. The number of aryl methyl sites for hydroxylation is 1. The molecule has 9 heteroatoms. The molecule has 4 rings (SSSR count). The van der Waals surface area contributed by atoms with Crippen molar-refractivity contribution in [2.45, 2.75) is 30.3 Å². The minimum absolute atomic E-state index is 0.0800. The van der Waals surface area contributed by atoms with Gasteiger partial charge in [-0.05, 0) is 67.6 Å². The molecular formula is C20H17F3N4OS. The van der Waals surface area contributed by atoms with E-state index in [9.17, 15) is 18.0 Å². The first-order valence-corrected chi connectivity index (χ1v) is 9.73. The fraction of sp³-hybridized carbons (Fsp3) is 0.250. The second-order valence-corrected chi connectivity index (χ2v) is 7.98. The highest BCUT2D eigenvalue weighted by Gasteiger charge is 2.34. The summed E-state index contributed by atoms with van der Waals surface area (Å²) in [7, 11) is 0.